The highest BCUT2D eigenvalue weighted by Gasteiger charge is 2.19. The highest BCUT2D eigenvalue weighted by atomic mass is 35.5. The maximum Gasteiger partial charge on any atom is 0.339 e. The first kappa shape index (κ1) is 40.6. The summed E-state index contributed by atoms with van der Waals surface area (Å²) in [5, 5.41) is 9.41. The minimum atomic E-state index is -0.489. The molecule has 292 valence electrons. The average Bonchev–Trinajstić information content (AvgIpc) is 3.88. The van der Waals surface area contributed by atoms with Gasteiger partial charge in [-0.05, 0) is 48.0 Å². The number of aldehydes is 1. The van der Waals surface area contributed by atoms with Gasteiger partial charge in [-0.15, -0.1) is 0 Å². The van der Waals surface area contributed by atoms with Gasteiger partial charge in [-0.3, -0.25) is 4.79 Å². The van der Waals surface area contributed by atoms with Gasteiger partial charge in [0.25, 0.3) is 0 Å². The monoisotopic (exact) mass is 818 g/mol. The SMILES string of the molecule is COC(=O)c1ccc(OCc2c(-c3ccc(Cl)cc3)noc2C=Cc2ccccc2)nc1.COC(=O)c1ccc(OCc2c(-c3ccc(Cl)cc3)noc2C=O)nc1. The van der Waals surface area contributed by atoms with E-state index in [9.17, 15) is 14.4 Å². The first-order valence-electron chi connectivity index (χ1n) is 17.3. The molecule has 0 aliphatic carbocycles. The van der Waals surface area contributed by atoms with Crippen LogP contribution in [0.3, 0.4) is 0 Å². The molecule has 15 heteroatoms. The lowest BCUT2D eigenvalue weighted by Crippen LogP contribution is -2.04. The van der Waals surface area contributed by atoms with E-state index in [1.54, 1.807) is 48.5 Å². The van der Waals surface area contributed by atoms with Gasteiger partial charge in [0, 0.05) is 45.7 Å². The van der Waals surface area contributed by atoms with Gasteiger partial charge in [-0.25, -0.2) is 19.6 Å². The van der Waals surface area contributed by atoms with Crippen LogP contribution >= 0.6 is 23.2 Å². The second-order valence-corrected chi connectivity index (χ2v) is 12.8. The maximum atomic E-state index is 11.6. The molecule has 0 aliphatic rings. The zero-order valence-corrected chi connectivity index (χ0v) is 32.3. The number of ether oxygens (including phenoxy) is 4. The zero-order chi connectivity index (χ0) is 40.9. The van der Waals surface area contributed by atoms with Gasteiger partial charge in [0.15, 0.2) is 12.0 Å². The van der Waals surface area contributed by atoms with E-state index in [1.165, 1.54) is 38.7 Å². The van der Waals surface area contributed by atoms with Crippen LogP contribution < -0.4 is 9.47 Å². The second-order valence-electron chi connectivity index (χ2n) is 12.0. The van der Waals surface area contributed by atoms with Gasteiger partial charge in [-0.1, -0.05) is 94.2 Å². The summed E-state index contributed by atoms with van der Waals surface area (Å²) in [6.45, 7) is 0.181. The molecule has 58 heavy (non-hydrogen) atoms. The second kappa shape index (κ2) is 19.7. The number of carbonyl (C=O) groups excluding carboxylic acids is 3. The number of pyridine rings is 2. The van der Waals surface area contributed by atoms with E-state index < -0.39 is 11.9 Å². The van der Waals surface area contributed by atoms with Crippen LogP contribution in [0.5, 0.6) is 11.8 Å². The molecule has 0 amide bonds. The Kier molecular flexibility index (Phi) is 13.8. The number of methoxy groups -OCH3 is 2. The Morgan fingerprint density at radius 3 is 1.50 bits per heavy atom. The van der Waals surface area contributed by atoms with E-state index in [-0.39, 0.29) is 24.9 Å². The van der Waals surface area contributed by atoms with Crippen molar-refractivity contribution in [3.63, 3.8) is 0 Å². The van der Waals surface area contributed by atoms with Crippen LogP contribution in [0.1, 0.15) is 53.7 Å². The van der Waals surface area contributed by atoms with Crippen molar-refractivity contribution in [2.24, 2.45) is 0 Å². The van der Waals surface area contributed by atoms with E-state index in [0.717, 1.165) is 22.3 Å². The lowest BCUT2D eigenvalue weighted by atomic mass is 10.1. The quantitative estimate of drug-likeness (QED) is 0.0798. The molecule has 0 atom stereocenters. The van der Waals surface area contributed by atoms with Gasteiger partial charge in [-0.2, -0.15) is 0 Å². The molecular weight excluding hydrogens is 787 g/mol. The first-order valence-corrected chi connectivity index (χ1v) is 18.0. The molecule has 7 aromatic rings. The number of halogens is 2. The number of rotatable bonds is 13. The molecule has 0 radical (unpaired) electrons. The summed E-state index contributed by atoms with van der Waals surface area (Å²) in [5.41, 5.74) is 5.65. The van der Waals surface area contributed by atoms with Crippen molar-refractivity contribution in [1.82, 2.24) is 20.3 Å². The van der Waals surface area contributed by atoms with Gasteiger partial charge >= 0.3 is 11.9 Å². The van der Waals surface area contributed by atoms with Crippen LogP contribution in [-0.4, -0.2) is 52.7 Å². The zero-order valence-electron chi connectivity index (χ0n) is 30.8. The highest BCUT2D eigenvalue weighted by Crippen LogP contribution is 2.30. The van der Waals surface area contributed by atoms with E-state index in [0.29, 0.717) is 56.0 Å². The summed E-state index contributed by atoms with van der Waals surface area (Å²) >= 11 is 11.9. The molecule has 4 aromatic heterocycles. The Morgan fingerprint density at radius 2 is 1.07 bits per heavy atom. The summed E-state index contributed by atoms with van der Waals surface area (Å²) in [6.07, 6.45) is 7.12. The van der Waals surface area contributed by atoms with Gasteiger partial charge in [0.1, 0.15) is 24.6 Å². The third-order valence-corrected chi connectivity index (χ3v) is 8.75. The van der Waals surface area contributed by atoms with Crippen molar-refractivity contribution in [2.75, 3.05) is 14.2 Å². The van der Waals surface area contributed by atoms with Crippen molar-refractivity contribution in [1.29, 1.82) is 0 Å². The van der Waals surface area contributed by atoms with E-state index in [1.807, 2.05) is 54.6 Å². The molecule has 0 unspecified atom stereocenters. The molecule has 0 bridgehead atoms. The minimum Gasteiger partial charge on any atom is -0.473 e. The molecule has 0 spiro atoms. The molecule has 0 aliphatic heterocycles. The smallest absolute Gasteiger partial charge is 0.339 e. The number of hydrogen-bond donors (Lipinski definition) is 0. The van der Waals surface area contributed by atoms with Crippen LogP contribution in [0.2, 0.25) is 10.0 Å². The van der Waals surface area contributed by atoms with Crippen LogP contribution in [0.25, 0.3) is 34.7 Å². The van der Waals surface area contributed by atoms with Crippen molar-refractivity contribution >= 4 is 53.6 Å². The highest BCUT2D eigenvalue weighted by molar-refractivity contribution is 6.30. The standard InChI is InChI=1S/C25H19ClN2O4.C18H13ClN2O5/c1-30-25(29)19-10-14-23(27-15-19)31-16-21-22(13-7-17-5-3-2-4-6-17)32-28-24(21)18-8-11-20(26)12-9-18;1-24-18(23)12-4-7-16(20-8-12)25-10-14-15(9-22)26-21-17(14)11-2-5-13(19)6-3-11/h2-15H,16H2,1H3;2-9H,10H2,1H3. The molecule has 0 saturated heterocycles. The lowest BCUT2D eigenvalue weighted by molar-refractivity contribution is 0.0591. The number of esters is 2. The van der Waals surface area contributed by atoms with Gasteiger partial charge < -0.3 is 28.0 Å². The number of carbonyl (C=O) groups is 3. The van der Waals surface area contributed by atoms with E-state index in [2.05, 4.69) is 29.8 Å². The summed E-state index contributed by atoms with van der Waals surface area (Å²) in [6, 6.07) is 30.4. The van der Waals surface area contributed by atoms with Gasteiger partial charge in [0.05, 0.1) is 36.5 Å². The molecule has 4 heterocycles. The fourth-order valence-corrected chi connectivity index (χ4v) is 5.50. The minimum absolute atomic E-state index is 0.0140. The van der Waals surface area contributed by atoms with Crippen LogP contribution in [-0.2, 0) is 22.7 Å². The van der Waals surface area contributed by atoms with Crippen molar-refractivity contribution in [3.05, 3.63) is 165 Å². The fourth-order valence-electron chi connectivity index (χ4n) is 5.25. The fraction of sp³-hybridized carbons (Fsp3) is 0.0930. The predicted octanol–water partition coefficient (Wildman–Crippen LogP) is 9.49. The molecule has 0 saturated carbocycles. The number of aromatic nitrogens is 4. The first-order chi connectivity index (χ1) is 28.3. The van der Waals surface area contributed by atoms with Gasteiger partial charge in [0.2, 0.25) is 17.5 Å². The summed E-state index contributed by atoms with van der Waals surface area (Å²) in [5.74, 6) is 0.334. The Hall–Kier alpha value is -7.09. The molecular formula is C43H32Cl2N4O9. The molecule has 13 nitrogen and oxygen atoms in total. The summed E-state index contributed by atoms with van der Waals surface area (Å²) in [7, 11) is 2.61. The maximum absolute atomic E-state index is 11.6. The van der Waals surface area contributed by atoms with Crippen molar-refractivity contribution in [2.45, 2.75) is 13.2 Å². The normalized spacial score (nSPS) is 10.7. The largest absolute Gasteiger partial charge is 0.473 e. The number of nitrogens with zero attached hydrogens (tertiary/aromatic N) is 4. The third-order valence-electron chi connectivity index (χ3n) is 8.25. The summed E-state index contributed by atoms with van der Waals surface area (Å²) < 4.78 is 31.5. The lowest BCUT2D eigenvalue weighted by Gasteiger charge is -2.07. The third kappa shape index (κ3) is 10.4. The number of hydrogen-bond acceptors (Lipinski definition) is 13. The predicted molar refractivity (Wildman–Crippen MR) is 214 cm³/mol. The number of benzene rings is 3. The Balaban J connectivity index is 0.000000200. The van der Waals surface area contributed by atoms with Crippen molar-refractivity contribution < 1.29 is 42.4 Å². The Bertz CT molecular complexity index is 2490. The topological polar surface area (TPSA) is 166 Å². The summed E-state index contributed by atoms with van der Waals surface area (Å²) in [4.78, 5) is 42.4. The van der Waals surface area contributed by atoms with E-state index in [4.69, 9.17) is 41.7 Å². The Morgan fingerprint density at radius 1 is 0.603 bits per heavy atom. The van der Waals surface area contributed by atoms with Crippen LogP contribution in [0.4, 0.5) is 0 Å². The van der Waals surface area contributed by atoms with Crippen LogP contribution in [0, 0.1) is 0 Å². The average molecular weight is 820 g/mol. The molecule has 7 rings (SSSR count). The van der Waals surface area contributed by atoms with E-state index >= 15 is 0 Å². The molecule has 0 N–H and O–H groups in total. The van der Waals surface area contributed by atoms with Crippen molar-refractivity contribution in [3.8, 4) is 34.3 Å². The Labute approximate surface area is 341 Å². The molecule has 3 aromatic carbocycles. The molecule has 0 fully saturated rings. The van der Waals surface area contributed by atoms with Crippen LogP contribution in [0.15, 0.2) is 125 Å².